The first-order valence-corrected chi connectivity index (χ1v) is 6.85. The molecule has 0 bridgehead atoms. The van der Waals surface area contributed by atoms with E-state index in [-0.39, 0.29) is 0 Å². The van der Waals surface area contributed by atoms with Crippen molar-refractivity contribution in [1.82, 2.24) is 5.48 Å². The minimum atomic E-state index is -0.523. The topological polar surface area (TPSA) is 60.0 Å². The van der Waals surface area contributed by atoms with Gasteiger partial charge in [-0.05, 0) is 18.8 Å². The first kappa shape index (κ1) is 15.9. The third-order valence-electron chi connectivity index (χ3n) is 3.22. The zero-order valence-corrected chi connectivity index (χ0v) is 11.6. The summed E-state index contributed by atoms with van der Waals surface area (Å²) < 4.78 is 10.6. The van der Waals surface area contributed by atoms with Crippen molar-refractivity contribution in [2.24, 2.45) is 5.92 Å². The molecule has 3 atom stereocenters. The molecular formula is C13H27NO4. The lowest BCUT2D eigenvalue weighted by molar-refractivity contribution is -0.0542. The average Bonchev–Trinajstić information content (AvgIpc) is 2.36. The Labute approximate surface area is 110 Å². The van der Waals surface area contributed by atoms with Crippen molar-refractivity contribution >= 4 is 0 Å². The molecule has 0 saturated heterocycles. The monoisotopic (exact) mass is 261 g/mol. The Balaban J connectivity index is 1.97. The third-order valence-corrected chi connectivity index (χ3v) is 3.22. The molecule has 5 nitrogen and oxygen atoms in total. The van der Waals surface area contributed by atoms with Crippen LogP contribution in [0.3, 0.4) is 0 Å². The van der Waals surface area contributed by atoms with Gasteiger partial charge in [0, 0.05) is 13.7 Å². The number of hydroxylamine groups is 1. The molecule has 1 aliphatic carbocycles. The van der Waals surface area contributed by atoms with Crippen molar-refractivity contribution in [3.8, 4) is 0 Å². The normalized spacial score (nSPS) is 26.2. The standard InChI is InChI=1S/C13H27NO4/c1-11-4-3-5-13(8-11)17-10-12(15)9-14-18-7-6-16-2/h11-15H,3-10H2,1-2H3. The molecule has 0 aromatic rings. The van der Waals surface area contributed by atoms with Gasteiger partial charge in [0.1, 0.15) is 0 Å². The molecule has 0 spiro atoms. The summed E-state index contributed by atoms with van der Waals surface area (Å²) in [6.45, 7) is 4.03. The van der Waals surface area contributed by atoms with Crippen LogP contribution in [0.4, 0.5) is 0 Å². The fourth-order valence-corrected chi connectivity index (χ4v) is 2.19. The molecule has 1 fully saturated rings. The number of nitrogens with one attached hydrogen (secondary N) is 1. The Hall–Kier alpha value is -0.200. The number of hydrogen-bond donors (Lipinski definition) is 2. The molecule has 1 aliphatic rings. The van der Waals surface area contributed by atoms with Gasteiger partial charge in [-0.2, -0.15) is 5.48 Å². The summed E-state index contributed by atoms with van der Waals surface area (Å²) in [5.74, 6) is 0.747. The zero-order valence-electron chi connectivity index (χ0n) is 11.6. The fraction of sp³-hybridized carbons (Fsp3) is 1.00. The van der Waals surface area contributed by atoms with Gasteiger partial charge >= 0.3 is 0 Å². The van der Waals surface area contributed by atoms with E-state index in [0.717, 1.165) is 18.8 Å². The predicted molar refractivity (Wildman–Crippen MR) is 69.2 cm³/mol. The summed E-state index contributed by atoms with van der Waals surface area (Å²) in [7, 11) is 1.62. The lowest BCUT2D eigenvalue weighted by Crippen LogP contribution is -2.33. The van der Waals surface area contributed by atoms with Crippen LogP contribution >= 0.6 is 0 Å². The number of aliphatic hydroxyl groups is 1. The minimum absolute atomic E-state index is 0.317. The molecule has 0 radical (unpaired) electrons. The molecule has 1 rings (SSSR count). The van der Waals surface area contributed by atoms with Crippen LogP contribution in [0.25, 0.3) is 0 Å². The maximum absolute atomic E-state index is 9.70. The number of methoxy groups -OCH3 is 1. The van der Waals surface area contributed by atoms with Crippen LogP contribution in [0, 0.1) is 5.92 Å². The van der Waals surface area contributed by atoms with E-state index in [9.17, 15) is 5.11 Å². The molecule has 0 aromatic carbocycles. The molecule has 0 aromatic heterocycles. The highest BCUT2D eigenvalue weighted by atomic mass is 16.7. The first-order chi connectivity index (χ1) is 8.72. The Bertz CT molecular complexity index is 203. The predicted octanol–water partition coefficient (Wildman–Crippen LogP) is 1.11. The average molecular weight is 261 g/mol. The van der Waals surface area contributed by atoms with Crippen LogP contribution in [0.5, 0.6) is 0 Å². The van der Waals surface area contributed by atoms with E-state index in [1.54, 1.807) is 7.11 Å². The van der Waals surface area contributed by atoms with Gasteiger partial charge in [0.25, 0.3) is 0 Å². The Morgan fingerprint density at radius 1 is 1.33 bits per heavy atom. The lowest BCUT2D eigenvalue weighted by Gasteiger charge is -2.27. The van der Waals surface area contributed by atoms with Crippen molar-refractivity contribution in [2.75, 3.05) is 33.5 Å². The summed E-state index contributed by atoms with van der Waals surface area (Å²) in [6.07, 6.45) is 4.57. The summed E-state index contributed by atoms with van der Waals surface area (Å²) in [6, 6.07) is 0. The summed E-state index contributed by atoms with van der Waals surface area (Å²) in [5.41, 5.74) is 2.71. The van der Waals surface area contributed by atoms with Gasteiger partial charge in [-0.3, -0.25) is 4.84 Å². The molecule has 0 amide bonds. The second kappa shape index (κ2) is 9.69. The van der Waals surface area contributed by atoms with Crippen LogP contribution in [-0.2, 0) is 14.3 Å². The van der Waals surface area contributed by atoms with E-state index in [2.05, 4.69) is 12.4 Å². The summed E-state index contributed by atoms with van der Waals surface area (Å²) in [4.78, 5) is 5.06. The van der Waals surface area contributed by atoms with E-state index < -0.39 is 6.10 Å². The molecule has 2 N–H and O–H groups in total. The van der Waals surface area contributed by atoms with Gasteiger partial charge in [0.2, 0.25) is 0 Å². The SMILES string of the molecule is COCCONCC(O)COC1CCCC(C)C1. The maximum atomic E-state index is 9.70. The minimum Gasteiger partial charge on any atom is -0.389 e. The second-order valence-electron chi connectivity index (χ2n) is 5.07. The van der Waals surface area contributed by atoms with Crippen LogP contribution in [0.15, 0.2) is 0 Å². The smallest absolute Gasteiger partial charge is 0.0921 e. The maximum Gasteiger partial charge on any atom is 0.0921 e. The molecular weight excluding hydrogens is 234 g/mol. The second-order valence-corrected chi connectivity index (χ2v) is 5.07. The summed E-state index contributed by atoms with van der Waals surface area (Å²) >= 11 is 0. The number of ether oxygens (including phenoxy) is 2. The molecule has 0 aliphatic heterocycles. The van der Waals surface area contributed by atoms with E-state index >= 15 is 0 Å². The van der Waals surface area contributed by atoms with Crippen LogP contribution in [0.1, 0.15) is 32.6 Å². The Kier molecular flexibility index (Phi) is 8.54. The summed E-state index contributed by atoms with van der Waals surface area (Å²) in [5, 5.41) is 9.70. The van der Waals surface area contributed by atoms with Gasteiger partial charge in [0.05, 0.1) is 32.0 Å². The molecule has 5 heteroatoms. The highest BCUT2D eigenvalue weighted by molar-refractivity contribution is 4.71. The van der Waals surface area contributed by atoms with E-state index in [0.29, 0.717) is 32.5 Å². The van der Waals surface area contributed by atoms with Gasteiger partial charge in [0.15, 0.2) is 0 Å². The van der Waals surface area contributed by atoms with Crippen LogP contribution < -0.4 is 5.48 Å². The van der Waals surface area contributed by atoms with E-state index in [1.165, 1.54) is 12.8 Å². The van der Waals surface area contributed by atoms with Crippen molar-refractivity contribution < 1.29 is 19.4 Å². The van der Waals surface area contributed by atoms with Crippen LogP contribution in [-0.4, -0.2) is 50.8 Å². The van der Waals surface area contributed by atoms with Gasteiger partial charge in [-0.1, -0.05) is 19.8 Å². The van der Waals surface area contributed by atoms with Crippen molar-refractivity contribution in [2.45, 2.75) is 44.8 Å². The Morgan fingerprint density at radius 3 is 2.89 bits per heavy atom. The molecule has 1 saturated carbocycles. The van der Waals surface area contributed by atoms with E-state index in [4.69, 9.17) is 14.3 Å². The quantitative estimate of drug-likeness (QED) is 0.481. The highest BCUT2D eigenvalue weighted by Crippen LogP contribution is 2.25. The molecule has 18 heavy (non-hydrogen) atoms. The van der Waals surface area contributed by atoms with Crippen LogP contribution in [0.2, 0.25) is 0 Å². The number of rotatable bonds is 9. The first-order valence-electron chi connectivity index (χ1n) is 6.85. The number of hydrogen-bond acceptors (Lipinski definition) is 5. The van der Waals surface area contributed by atoms with Gasteiger partial charge in [-0.25, -0.2) is 0 Å². The van der Waals surface area contributed by atoms with E-state index in [1.807, 2.05) is 0 Å². The zero-order chi connectivity index (χ0) is 13.2. The van der Waals surface area contributed by atoms with Gasteiger partial charge in [-0.15, -0.1) is 0 Å². The van der Waals surface area contributed by atoms with Crippen molar-refractivity contribution in [1.29, 1.82) is 0 Å². The third kappa shape index (κ3) is 7.28. The fourth-order valence-electron chi connectivity index (χ4n) is 2.19. The highest BCUT2D eigenvalue weighted by Gasteiger charge is 2.20. The molecule has 108 valence electrons. The number of aliphatic hydroxyl groups excluding tert-OH is 1. The lowest BCUT2D eigenvalue weighted by atomic mass is 9.89. The van der Waals surface area contributed by atoms with Crippen molar-refractivity contribution in [3.63, 3.8) is 0 Å². The van der Waals surface area contributed by atoms with Gasteiger partial charge < -0.3 is 14.6 Å². The molecule has 0 heterocycles. The molecule has 3 unspecified atom stereocenters. The largest absolute Gasteiger partial charge is 0.389 e. The Morgan fingerprint density at radius 2 is 2.17 bits per heavy atom. The van der Waals surface area contributed by atoms with Crippen molar-refractivity contribution in [3.05, 3.63) is 0 Å².